The second kappa shape index (κ2) is 4.87. The Hall–Kier alpha value is -1.36. The predicted octanol–water partition coefficient (Wildman–Crippen LogP) is 3.68. The largest absolute Gasteiger partial charge is 0.378 e. The molecular formula is C12H11BrF2N2. The van der Waals surface area contributed by atoms with Gasteiger partial charge in [0.05, 0.1) is 5.69 Å². The van der Waals surface area contributed by atoms with Crippen LogP contribution < -0.4 is 5.32 Å². The SMILES string of the molecule is Cn1ccc(CNc2c(F)cc(F)cc2Br)c1. The summed E-state index contributed by atoms with van der Waals surface area (Å²) in [6.45, 7) is 0.488. The lowest BCUT2D eigenvalue weighted by Gasteiger charge is -2.09. The molecule has 0 aliphatic rings. The van der Waals surface area contributed by atoms with Crippen molar-refractivity contribution in [2.24, 2.45) is 7.05 Å². The van der Waals surface area contributed by atoms with Crippen molar-refractivity contribution in [1.82, 2.24) is 4.57 Å². The van der Waals surface area contributed by atoms with Crippen molar-refractivity contribution < 1.29 is 8.78 Å². The highest BCUT2D eigenvalue weighted by Gasteiger charge is 2.09. The van der Waals surface area contributed by atoms with Gasteiger partial charge in [-0.2, -0.15) is 0 Å². The summed E-state index contributed by atoms with van der Waals surface area (Å²) in [6, 6.07) is 4.02. The second-order valence-electron chi connectivity index (χ2n) is 3.78. The van der Waals surface area contributed by atoms with Crippen LogP contribution in [0.2, 0.25) is 0 Å². The van der Waals surface area contributed by atoms with E-state index in [1.165, 1.54) is 6.07 Å². The smallest absolute Gasteiger partial charge is 0.150 e. The molecule has 2 aromatic rings. The van der Waals surface area contributed by atoms with E-state index in [1.807, 2.05) is 30.1 Å². The highest BCUT2D eigenvalue weighted by Crippen LogP contribution is 2.27. The second-order valence-corrected chi connectivity index (χ2v) is 4.64. The summed E-state index contributed by atoms with van der Waals surface area (Å²) in [5.74, 6) is -1.20. The molecule has 0 fully saturated rings. The van der Waals surface area contributed by atoms with Crippen molar-refractivity contribution >= 4 is 21.6 Å². The van der Waals surface area contributed by atoms with Crippen LogP contribution in [0, 0.1) is 11.6 Å². The van der Waals surface area contributed by atoms with Gasteiger partial charge in [0.25, 0.3) is 0 Å². The zero-order chi connectivity index (χ0) is 12.4. The van der Waals surface area contributed by atoms with Crippen LogP contribution in [0.5, 0.6) is 0 Å². The molecule has 90 valence electrons. The number of hydrogen-bond acceptors (Lipinski definition) is 1. The van der Waals surface area contributed by atoms with Gasteiger partial charge in [-0.3, -0.25) is 0 Å². The molecule has 2 nitrogen and oxygen atoms in total. The molecule has 1 aromatic carbocycles. The van der Waals surface area contributed by atoms with E-state index in [9.17, 15) is 8.78 Å². The van der Waals surface area contributed by atoms with Gasteiger partial charge in [-0.25, -0.2) is 8.78 Å². The van der Waals surface area contributed by atoms with Gasteiger partial charge in [-0.1, -0.05) is 0 Å². The molecule has 17 heavy (non-hydrogen) atoms. The van der Waals surface area contributed by atoms with Gasteiger partial charge >= 0.3 is 0 Å². The highest BCUT2D eigenvalue weighted by molar-refractivity contribution is 9.10. The molecule has 0 saturated carbocycles. The van der Waals surface area contributed by atoms with Crippen LogP contribution in [0.3, 0.4) is 0 Å². The Kier molecular flexibility index (Phi) is 3.47. The van der Waals surface area contributed by atoms with E-state index in [0.717, 1.165) is 11.6 Å². The lowest BCUT2D eigenvalue weighted by Crippen LogP contribution is -2.02. The molecule has 1 N–H and O–H groups in total. The molecule has 1 heterocycles. The van der Waals surface area contributed by atoms with E-state index in [0.29, 0.717) is 11.0 Å². The molecule has 5 heteroatoms. The van der Waals surface area contributed by atoms with E-state index >= 15 is 0 Å². The molecule has 0 atom stereocenters. The molecule has 0 radical (unpaired) electrons. The van der Waals surface area contributed by atoms with E-state index in [2.05, 4.69) is 21.2 Å². The number of nitrogens with zero attached hydrogens (tertiary/aromatic N) is 1. The minimum atomic E-state index is -0.604. The topological polar surface area (TPSA) is 17.0 Å². The molecule has 0 aliphatic heterocycles. The third-order valence-corrected chi connectivity index (χ3v) is 2.99. The third-order valence-electron chi connectivity index (χ3n) is 2.37. The van der Waals surface area contributed by atoms with Gasteiger partial charge in [-0.05, 0) is 33.6 Å². The van der Waals surface area contributed by atoms with Gasteiger partial charge in [0.15, 0.2) is 0 Å². The van der Waals surface area contributed by atoms with Crippen LogP contribution in [0.4, 0.5) is 14.5 Å². The summed E-state index contributed by atoms with van der Waals surface area (Å²) in [6.07, 6.45) is 3.84. The maximum absolute atomic E-state index is 13.5. The summed E-state index contributed by atoms with van der Waals surface area (Å²) >= 11 is 3.13. The molecule has 0 aliphatic carbocycles. The molecular weight excluding hydrogens is 290 g/mol. The molecule has 0 amide bonds. The molecule has 0 saturated heterocycles. The van der Waals surface area contributed by atoms with E-state index in [1.54, 1.807) is 0 Å². The first kappa shape index (κ1) is 12.1. The predicted molar refractivity (Wildman–Crippen MR) is 66.8 cm³/mol. The Morgan fingerprint density at radius 3 is 2.71 bits per heavy atom. The van der Waals surface area contributed by atoms with Crippen LogP contribution in [0.25, 0.3) is 0 Å². The monoisotopic (exact) mass is 300 g/mol. The van der Waals surface area contributed by atoms with Gasteiger partial charge in [0, 0.05) is 36.5 Å². The highest BCUT2D eigenvalue weighted by atomic mass is 79.9. The van der Waals surface area contributed by atoms with Crippen molar-refractivity contribution in [2.45, 2.75) is 6.54 Å². The fraction of sp³-hybridized carbons (Fsp3) is 0.167. The van der Waals surface area contributed by atoms with Crippen molar-refractivity contribution in [2.75, 3.05) is 5.32 Å². The lowest BCUT2D eigenvalue weighted by molar-refractivity contribution is 0.583. The Balaban J connectivity index is 2.14. The number of rotatable bonds is 3. The standard InChI is InChI=1S/C12H11BrF2N2/c1-17-3-2-8(7-17)6-16-12-10(13)4-9(14)5-11(12)15/h2-5,7,16H,6H2,1H3. The van der Waals surface area contributed by atoms with Crippen LogP contribution in [-0.2, 0) is 13.6 Å². The van der Waals surface area contributed by atoms with Gasteiger partial charge in [0.2, 0.25) is 0 Å². The molecule has 0 unspecified atom stereocenters. The van der Waals surface area contributed by atoms with Crippen molar-refractivity contribution in [1.29, 1.82) is 0 Å². The molecule has 0 bridgehead atoms. The van der Waals surface area contributed by atoms with Crippen LogP contribution in [-0.4, -0.2) is 4.57 Å². The van der Waals surface area contributed by atoms with E-state index in [-0.39, 0.29) is 5.69 Å². The maximum atomic E-state index is 13.5. The maximum Gasteiger partial charge on any atom is 0.150 e. The lowest BCUT2D eigenvalue weighted by atomic mass is 10.2. The van der Waals surface area contributed by atoms with E-state index in [4.69, 9.17) is 0 Å². The molecule has 1 aromatic heterocycles. The molecule has 2 rings (SSSR count). The Morgan fingerprint density at radius 2 is 2.12 bits per heavy atom. The Morgan fingerprint density at radius 1 is 1.35 bits per heavy atom. The number of hydrogen-bond donors (Lipinski definition) is 1. The normalized spacial score (nSPS) is 10.6. The van der Waals surface area contributed by atoms with Crippen molar-refractivity contribution in [3.05, 3.63) is 52.3 Å². The average Bonchev–Trinajstić information content (AvgIpc) is 2.62. The summed E-state index contributed by atoms with van der Waals surface area (Å²) in [5, 5.41) is 2.94. The number of benzene rings is 1. The minimum Gasteiger partial charge on any atom is -0.378 e. The number of aryl methyl sites for hydroxylation is 1. The van der Waals surface area contributed by atoms with E-state index < -0.39 is 11.6 Å². The first-order chi connectivity index (χ1) is 8.06. The summed E-state index contributed by atoms with van der Waals surface area (Å²) < 4.78 is 28.6. The quantitative estimate of drug-likeness (QED) is 0.915. The summed E-state index contributed by atoms with van der Waals surface area (Å²) in [7, 11) is 1.91. The van der Waals surface area contributed by atoms with Crippen molar-refractivity contribution in [3.63, 3.8) is 0 Å². The zero-order valence-corrected chi connectivity index (χ0v) is 10.8. The Bertz CT molecular complexity index is 514. The summed E-state index contributed by atoms with van der Waals surface area (Å²) in [5.41, 5.74) is 1.30. The van der Waals surface area contributed by atoms with Gasteiger partial charge in [-0.15, -0.1) is 0 Å². The first-order valence-electron chi connectivity index (χ1n) is 5.05. The summed E-state index contributed by atoms with van der Waals surface area (Å²) in [4.78, 5) is 0. The first-order valence-corrected chi connectivity index (χ1v) is 5.85. The van der Waals surface area contributed by atoms with Crippen LogP contribution >= 0.6 is 15.9 Å². The van der Waals surface area contributed by atoms with Crippen LogP contribution in [0.15, 0.2) is 35.1 Å². The number of aromatic nitrogens is 1. The zero-order valence-electron chi connectivity index (χ0n) is 9.17. The fourth-order valence-electron chi connectivity index (χ4n) is 1.57. The average molecular weight is 301 g/mol. The van der Waals surface area contributed by atoms with Crippen LogP contribution in [0.1, 0.15) is 5.56 Å². The fourth-order valence-corrected chi connectivity index (χ4v) is 2.12. The van der Waals surface area contributed by atoms with Gasteiger partial charge in [0.1, 0.15) is 11.6 Å². The molecule has 0 spiro atoms. The van der Waals surface area contributed by atoms with Gasteiger partial charge < -0.3 is 9.88 Å². The number of anilines is 1. The third kappa shape index (κ3) is 2.85. The van der Waals surface area contributed by atoms with Crippen molar-refractivity contribution in [3.8, 4) is 0 Å². The Labute approximate surface area is 106 Å². The number of halogens is 3. The minimum absolute atomic E-state index is 0.273. The number of nitrogens with one attached hydrogen (secondary N) is 1.